The lowest BCUT2D eigenvalue weighted by Crippen LogP contribution is -2.00. The summed E-state index contributed by atoms with van der Waals surface area (Å²) in [6.07, 6.45) is 2.90. The molecule has 0 saturated heterocycles. The predicted octanol–water partition coefficient (Wildman–Crippen LogP) is 2.67. The maximum atomic E-state index is 12.3. The zero-order valence-electron chi connectivity index (χ0n) is 14.1. The summed E-state index contributed by atoms with van der Waals surface area (Å²) < 4.78 is 15.8. The highest BCUT2D eigenvalue weighted by molar-refractivity contribution is 6.06. The highest BCUT2D eigenvalue weighted by atomic mass is 16.5. The zero-order valence-corrected chi connectivity index (χ0v) is 14.1. The second-order valence-corrected chi connectivity index (χ2v) is 5.03. The molecule has 0 aromatic heterocycles. The SMILES string of the molecule is COc1cc(/C=C/C(=O)c2cccc(O)c(=O)c2)cc(OC)c1OC. The molecule has 0 aliphatic heterocycles. The summed E-state index contributed by atoms with van der Waals surface area (Å²) in [5.74, 6) is 0.600. The first-order valence-electron chi connectivity index (χ1n) is 7.36. The molecule has 0 radical (unpaired) electrons. The number of allylic oxidation sites excluding steroid dienone is 1. The molecule has 25 heavy (non-hydrogen) atoms. The van der Waals surface area contributed by atoms with Gasteiger partial charge in [-0.1, -0.05) is 18.2 Å². The van der Waals surface area contributed by atoms with Crippen LogP contribution in [0.15, 0.2) is 47.3 Å². The number of aromatic hydroxyl groups is 1. The Hall–Kier alpha value is -3.28. The Bertz CT molecular complexity index is 845. The molecule has 0 fully saturated rings. The molecule has 0 saturated carbocycles. The van der Waals surface area contributed by atoms with Gasteiger partial charge in [0.2, 0.25) is 11.2 Å². The normalized spacial score (nSPS) is 10.5. The van der Waals surface area contributed by atoms with Crippen LogP contribution >= 0.6 is 0 Å². The summed E-state index contributed by atoms with van der Waals surface area (Å²) >= 11 is 0. The second-order valence-electron chi connectivity index (χ2n) is 5.03. The minimum absolute atomic E-state index is 0.175. The van der Waals surface area contributed by atoms with Crippen molar-refractivity contribution in [3.63, 3.8) is 0 Å². The minimum Gasteiger partial charge on any atom is -0.504 e. The Kier molecular flexibility index (Phi) is 5.79. The highest BCUT2D eigenvalue weighted by Gasteiger charge is 2.12. The van der Waals surface area contributed by atoms with Crippen LogP contribution in [-0.4, -0.2) is 32.2 Å². The Morgan fingerprint density at radius 2 is 1.64 bits per heavy atom. The molecule has 2 rings (SSSR count). The topological polar surface area (TPSA) is 82.1 Å². The van der Waals surface area contributed by atoms with E-state index in [1.165, 1.54) is 45.6 Å². The van der Waals surface area contributed by atoms with Crippen LogP contribution in [0.3, 0.4) is 0 Å². The standard InChI is InChI=1S/C19H18O6/c1-23-17-9-12(10-18(24-2)19(17)25-3)7-8-14(20)13-5-4-6-15(21)16(22)11-13/h4-11H,1-3H3,(H,21,22)/b8-7+. The first-order chi connectivity index (χ1) is 12.0. The van der Waals surface area contributed by atoms with E-state index in [2.05, 4.69) is 0 Å². The van der Waals surface area contributed by atoms with Crippen LogP contribution in [-0.2, 0) is 0 Å². The maximum absolute atomic E-state index is 12.3. The third kappa shape index (κ3) is 4.17. The number of rotatable bonds is 6. The van der Waals surface area contributed by atoms with Gasteiger partial charge in [-0.25, -0.2) is 0 Å². The molecule has 6 nitrogen and oxygen atoms in total. The van der Waals surface area contributed by atoms with Crippen LogP contribution in [0.5, 0.6) is 23.0 Å². The van der Waals surface area contributed by atoms with Gasteiger partial charge in [0, 0.05) is 11.6 Å². The molecule has 0 heterocycles. The fraction of sp³-hybridized carbons (Fsp3) is 0.158. The van der Waals surface area contributed by atoms with Crippen molar-refractivity contribution in [2.75, 3.05) is 21.3 Å². The van der Waals surface area contributed by atoms with E-state index >= 15 is 0 Å². The highest BCUT2D eigenvalue weighted by Crippen LogP contribution is 2.38. The van der Waals surface area contributed by atoms with Gasteiger partial charge in [0.15, 0.2) is 23.0 Å². The number of benzene rings is 1. The molecule has 6 heteroatoms. The van der Waals surface area contributed by atoms with Crippen LogP contribution in [0.2, 0.25) is 0 Å². The summed E-state index contributed by atoms with van der Waals surface area (Å²) in [7, 11) is 4.51. The van der Waals surface area contributed by atoms with E-state index in [4.69, 9.17) is 14.2 Å². The monoisotopic (exact) mass is 342 g/mol. The molecular weight excluding hydrogens is 324 g/mol. The fourth-order valence-corrected chi connectivity index (χ4v) is 2.21. The maximum Gasteiger partial charge on any atom is 0.220 e. The molecule has 0 spiro atoms. The van der Waals surface area contributed by atoms with E-state index < -0.39 is 11.2 Å². The van der Waals surface area contributed by atoms with Gasteiger partial charge in [0.1, 0.15) is 0 Å². The molecule has 0 atom stereocenters. The molecule has 0 amide bonds. The predicted molar refractivity (Wildman–Crippen MR) is 93.8 cm³/mol. The number of ether oxygens (including phenoxy) is 3. The lowest BCUT2D eigenvalue weighted by Gasteiger charge is -2.12. The van der Waals surface area contributed by atoms with E-state index in [-0.39, 0.29) is 11.3 Å². The molecule has 0 aliphatic rings. The zero-order chi connectivity index (χ0) is 18.4. The lowest BCUT2D eigenvalue weighted by molar-refractivity contribution is 0.104. The Morgan fingerprint density at radius 1 is 1.00 bits per heavy atom. The van der Waals surface area contributed by atoms with E-state index in [1.807, 2.05) is 0 Å². The van der Waals surface area contributed by atoms with Crippen LogP contribution in [0.1, 0.15) is 15.9 Å². The van der Waals surface area contributed by atoms with Gasteiger partial charge in [0.25, 0.3) is 0 Å². The van der Waals surface area contributed by atoms with Crippen LogP contribution in [0.4, 0.5) is 0 Å². The summed E-state index contributed by atoms with van der Waals surface area (Å²) in [5.41, 5.74) is 0.219. The van der Waals surface area contributed by atoms with Gasteiger partial charge in [-0.05, 0) is 29.8 Å². The molecule has 0 aliphatic carbocycles. The van der Waals surface area contributed by atoms with Crippen molar-refractivity contribution in [1.82, 2.24) is 0 Å². The molecule has 2 aromatic carbocycles. The van der Waals surface area contributed by atoms with Crippen molar-refractivity contribution < 1.29 is 24.1 Å². The molecule has 0 unspecified atom stereocenters. The second kappa shape index (κ2) is 8.01. The first-order valence-corrected chi connectivity index (χ1v) is 7.36. The number of carbonyl (C=O) groups is 1. The average molecular weight is 342 g/mol. The number of hydrogen-bond acceptors (Lipinski definition) is 6. The van der Waals surface area contributed by atoms with Crippen molar-refractivity contribution in [2.24, 2.45) is 0 Å². The molecule has 130 valence electrons. The van der Waals surface area contributed by atoms with Crippen LogP contribution < -0.4 is 19.6 Å². The lowest BCUT2D eigenvalue weighted by atomic mass is 10.1. The molecule has 1 N–H and O–H groups in total. The summed E-state index contributed by atoms with van der Waals surface area (Å²) in [6.45, 7) is 0. The Balaban J connectivity index is 2.36. The van der Waals surface area contributed by atoms with E-state index in [0.717, 1.165) is 6.07 Å². The van der Waals surface area contributed by atoms with Crippen LogP contribution in [0.25, 0.3) is 6.08 Å². The number of carbonyl (C=O) groups excluding carboxylic acids is 1. The van der Waals surface area contributed by atoms with Gasteiger partial charge in [-0.15, -0.1) is 0 Å². The Labute approximate surface area is 144 Å². The molecular formula is C19H18O6. The molecule has 0 bridgehead atoms. The Morgan fingerprint density at radius 3 is 2.20 bits per heavy atom. The van der Waals surface area contributed by atoms with E-state index in [1.54, 1.807) is 18.2 Å². The summed E-state index contributed by atoms with van der Waals surface area (Å²) in [5, 5.41) is 9.38. The fourth-order valence-electron chi connectivity index (χ4n) is 2.21. The van der Waals surface area contributed by atoms with Gasteiger partial charge in [0.05, 0.1) is 21.3 Å². The van der Waals surface area contributed by atoms with Crippen molar-refractivity contribution in [3.8, 4) is 23.0 Å². The van der Waals surface area contributed by atoms with Crippen molar-refractivity contribution in [1.29, 1.82) is 0 Å². The largest absolute Gasteiger partial charge is 0.504 e. The smallest absolute Gasteiger partial charge is 0.220 e. The van der Waals surface area contributed by atoms with Crippen molar-refractivity contribution in [2.45, 2.75) is 0 Å². The molecule has 2 aromatic rings. The quantitative estimate of drug-likeness (QED) is 0.642. The average Bonchev–Trinajstić information content (AvgIpc) is 2.79. The number of hydrogen-bond donors (Lipinski definition) is 1. The first kappa shape index (κ1) is 18.1. The van der Waals surface area contributed by atoms with Gasteiger partial charge in [-0.3, -0.25) is 9.59 Å². The third-order valence-corrected chi connectivity index (χ3v) is 3.47. The third-order valence-electron chi connectivity index (χ3n) is 3.47. The number of methoxy groups -OCH3 is 3. The van der Waals surface area contributed by atoms with E-state index in [9.17, 15) is 14.7 Å². The van der Waals surface area contributed by atoms with Crippen molar-refractivity contribution in [3.05, 3.63) is 63.8 Å². The van der Waals surface area contributed by atoms with E-state index in [0.29, 0.717) is 22.8 Å². The minimum atomic E-state index is -0.616. The van der Waals surface area contributed by atoms with Crippen molar-refractivity contribution >= 4 is 11.9 Å². The van der Waals surface area contributed by atoms with Gasteiger partial charge >= 0.3 is 0 Å². The van der Waals surface area contributed by atoms with Gasteiger partial charge < -0.3 is 19.3 Å². The summed E-state index contributed by atoms with van der Waals surface area (Å²) in [6, 6.07) is 8.63. The number of ketones is 1. The van der Waals surface area contributed by atoms with Crippen LogP contribution in [0, 0.1) is 0 Å². The summed E-state index contributed by atoms with van der Waals surface area (Å²) in [4.78, 5) is 23.8. The van der Waals surface area contributed by atoms with Gasteiger partial charge in [-0.2, -0.15) is 0 Å².